The lowest BCUT2D eigenvalue weighted by molar-refractivity contribution is -0.151. The standard InChI is InChI=1S/C20H16N2O3/c1-25-20(24)19(23)10-16(14-8-6-13(11-21)7-9-14)17-12-22-18-5-3-2-4-15(17)18/h2-9,12,16,22H,10H2,1H3/t16-/m1/s1. The molecule has 3 aromatic rings. The molecule has 1 atom stereocenters. The zero-order chi connectivity index (χ0) is 17.8. The molecule has 25 heavy (non-hydrogen) atoms. The van der Waals surface area contributed by atoms with Crippen LogP contribution in [-0.4, -0.2) is 23.8 Å². The second kappa shape index (κ2) is 7.02. The first-order valence-electron chi connectivity index (χ1n) is 7.81. The van der Waals surface area contributed by atoms with Crippen molar-refractivity contribution in [3.8, 4) is 6.07 Å². The SMILES string of the molecule is COC(=O)C(=O)C[C@H](c1ccc(C#N)cc1)c1c[nH]c2ccccc12. The van der Waals surface area contributed by atoms with Crippen molar-refractivity contribution in [1.29, 1.82) is 5.26 Å². The minimum atomic E-state index is -0.849. The minimum absolute atomic E-state index is 0.000418. The predicted octanol–water partition coefficient (Wildman–Crippen LogP) is 3.30. The lowest BCUT2D eigenvalue weighted by atomic mass is 9.86. The highest BCUT2D eigenvalue weighted by Gasteiger charge is 2.25. The highest BCUT2D eigenvalue weighted by Crippen LogP contribution is 2.33. The van der Waals surface area contributed by atoms with Crippen molar-refractivity contribution in [1.82, 2.24) is 4.98 Å². The maximum atomic E-state index is 12.2. The number of ether oxygens (including phenoxy) is 1. The van der Waals surface area contributed by atoms with Crippen molar-refractivity contribution in [3.05, 3.63) is 71.4 Å². The van der Waals surface area contributed by atoms with Gasteiger partial charge in [-0.2, -0.15) is 5.26 Å². The molecule has 0 radical (unpaired) electrons. The normalized spacial score (nSPS) is 11.7. The molecule has 0 saturated carbocycles. The Labute approximate surface area is 144 Å². The second-order valence-electron chi connectivity index (χ2n) is 5.69. The number of aromatic nitrogens is 1. The number of para-hydroxylation sites is 1. The highest BCUT2D eigenvalue weighted by molar-refractivity contribution is 6.33. The number of Topliss-reactive ketones (excluding diaryl/α,β-unsaturated/α-hetero) is 1. The summed E-state index contributed by atoms with van der Waals surface area (Å²) in [6.45, 7) is 0. The third kappa shape index (κ3) is 3.29. The maximum Gasteiger partial charge on any atom is 0.374 e. The smallest absolute Gasteiger partial charge is 0.374 e. The molecule has 0 amide bonds. The van der Waals surface area contributed by atoms with Gasteiger partial charge in [0.2, 0.25) is 5.78 Å². The molecular weight excluding hydrogens is 316 g/mol. The van der Waals surface area contributed by atoms with Gasteiger partial charge in [-0.25, -0.2) is 4.79 Å². The average molecular weight is 332 g/mol. The van der Waals surface area contributed by atoms with Gasteiger partial charge in [0.25, 0.3) is 0 Å². The zero-order valence-corrected chi connectivity index (χ0v) is 13.7. The first-order chi connectivity index (χ1) is 12.1. The van der Waals surface area contributed by atoms with Gasteiger partial charge in [-0.15, -0.1) is 0 Å². The predicted molar refractivity (Wildman–Crippen MR) is 92.9 cm³/mol. The number of fused-ring (bicyclic) bond motifs is 1. The van der Waals surface area contributed by atoms with E-state index in [1.807, 2.05) is 42.6 Å². The summed E-state index contributed by atoms with van der Waals surface area (Å²) in [7, 11) is 1.20. The Morgan fingerprint density at radius 3 is 2.56 bits per heavy atom. The van der Waals surface area contributed by atoms with Crippen LogP contribution in [-0.2, 0) is 14.3 Å². The Hall–Kier alpha value is -3.39. The van der Waals surface area contributed by atoms with Crippen LogP contribution in [0.5, 0.6) is 0 Å². The summed E-state index contributed by atoms with van der Waals surface area (Å²) in [5, 5.41) is 9.97. The molecule has 0 aliphatic rings. The summed E-state index contributed by atoms with van der Waals surface area (Å²) in [5.41, 5.74) is 3.29. The summed E-state index contributed by atoms with van der Waals surface area (Å²) in [4.78, 5) is 27.0. The van der Waals surface area contributed by atoms with E-state index in [4.69, 9.17) is 5.26 Å². The lowest BCUT2D eigenvalue weighted by Crippen LogP contribution is -2.19. The fourth-order valence-corrected chi connectivity index (χ4v) is 2.96. The van der Waals surface area contributed by atoms with Gasteiger partial charge >= 0.3 is 5.97 Å². The van der Waals surface area contributed by atoms with Crippen LogP contribution < -0.4 is 0 Å². The van der Waals surface area contributed by atoms with Crippen molar-refractivity contribution >= 4 is 22.7 Å². The third-order valence-electron chi connectivity index (χ3n) is 4.24. The van der Waals surface area contributed by atoms with Crippen LogP contribution in [0, 0.1) is 11.3 Å². The van der Waals surface area contributed by atoms with Gasteiger partial charge in [0.05, 0.1) is 18.7 Å². The van der Waals surface area contributed by atoms with Crippen LogP contribution in [0.1, 0.15) is 29.0 Å². The van der Waals surface area contributed by atoms with Crippen LogP contribution in [0.4, 0.5) is 0 Å². The van der Waals surface area contributed by atoms with Crippen molar-refractivity contribution in [2.45, 2.75) is 12.3 Å². The fourth-order valence-electron chi connectivity index (χ4n) is 2.96. The Morgan fingerprint density at radius 2 is 1.88 bits per heavy atom. The number of carbonyl (C=O) groups excluding carboxylic acids is 2. The molecule has 0 unspecified atom stereocenters. The van der Waals surface area contributed by atoms with Crippen molar-refractivity contribution < 1.29 is 14.3 Å². The lowest BCUT2D eigenvalue weighted by Gasteiger charge is -2.16. The molecule has 0 aliphatic heterocycles. The number of carbonyl (C=O) groups is 2. The van der Waals surface area contributed by atoms with E-state index >= 15 is 0 Å². The fraction of sp³-hybridized carbons (Fsp3) is 0.150. The molecular formula is C20H16N2O3. The van der Waals surface area contributed by atoms with Crippen LogP contribution in [0.25, 0.3) is 10.9 Å². The number of esters is 1. The van der Waals surface area contributed by atoms with Gasteiger partial charge < -0.3 is 9.72 Å². The number of H-pyrrole nitrogens is 1. The molecule has 3 rings (SSSR count). The van der Waals surface area contributed by atoms with E-state index in [2.05, 4.69) is 15.8 Å². The Balaban J connectivity index is 2.06. The Bertz CT molecular complexity index is 965. The van der Waals surface area contributed by atoms with Gasteiger partial charge in [-0.05, 0) is 29.3 Å². The number of methoxy groups -OCH3 is 1. The topological polar surface area (TPSA) is 82.9 Å². The molecule has 0 fully saturated rings. The first-order valence-corrected chi connectivity index (χ1v) is 7.81. The van der Waals surface area contributed by atoms with Crippen LogP contribution >= 0.6 is 0 Å². The molecule has 1 heterocycles. The molecule has 1 N–H and O–H groups in total. The van der Waals surface area contributed by atoms with E-state index in [0.29, 0.717) is 5.56 Å². The van der Waals surface area contributed by atoms with Gasteiger partial charge in [0.1, 0.15) is 0 Å². The van der Waals surface area contributed by atoms with Gasteiger partial charge in [0.15, 0.2) is 0 Å². The first kappa shape index (κ1) is 16.5. The molecule has 1 aromatic heterocycles. The number of nitriles is 1. The summed E-state index contributed by atoms with van der Waals surface area (Å²) in [6, 6.07) is 16.9. The van der Waals surface area contributed by atoms with Crippen LogP contribution in [0.2, 0.25) is 0 Å². The summed E-state index contributed by atoms with van der Waals surface area (Å²) < 4.78 is 4.55. The number of hydrogen-bond acceptors (Lipinski definition) is 4. The van der Waals surface area contributed by atoms with Crippen molar-refractivity contribution in [2.24, 2.45) is 0 Å². The van der Waals surface area contributed by atoms with E-state index in [-0.39, 0.29) is 12.3 Å². The summed E-state index contributed by atoms with van der Waals surface area (Å²) in [6.07, 6.45) is 1.86. The van der Waals surface area contributed by atoms with Crippen LogP contribution in [0.15, 0.2) is 54.7 Å². The number of hydrogen-bond donors (Lipinski definition) is 1. The average Bonchev–Trinajstić information content (AvgIpc) is 3.09. The quantitative estimate of drug-likeness (QED) is 0.574. The van der Waals surface area contributed by atoms with E-state index in [1.54, 1.807) is 12.1 Å². The summed E-state index contributed by atoms with van der Waals surface area (Å²) >= 11 is 0. The third-order valence-corrected chi connectivity index (χ3v) is 4.24. The molecule has 5 nitrogen and oxygen atoms in total. The maximum absolute atomic E-state index is 12.2. The monoisotopic (exact) mass is 332 g/mol. The minimum Gasteiger partial charge on any atom is -0.463 e. The number of benzene rings is 2. The molecule has 0 bridgehead atoms. The Kier molecular flexibility index (Phi) is 4.62. The van der Waals surface area contributed by atoms with E-state index in [1.165, 1.54) is 7.11 Å². The second-order valence-corrected chi connectivity index (χ2v) is 5.69. The van der Waals surface area contributed by atoms with E-state index in [0.717, 1.165) is 22.0 Å². The number of nitrogens with one attached hydrogen (secondary N) is 1. The van der Waals surface area contributed by atoms with Gasteiger partial charge in [0, 0.05) is 29.4 Å². The molecule has 0 aliphatic carbocycles. The Morgan fingerprint density at radius 1 is 1.16 bits per heavy atom. The molecule has 2 aromatic carbocycles. The largest absolute Gasteiger partial charge is 0.463 e. The number of nitrogens with zero attached hydrogens (tertiary/aromatic N) is 1. The van der Waals surface area contributed by atoms with Crippen molar-refractivity contribution in [3.63, 3.8) is 0 Å². The number of ketones is 1. The summed E-state index contributed by atoms with van der Waals surface area (Å²) in [5.74, 6) is -1.74. The molecule has 0 spiro atoms. The van der Waals surface area contributed by atoms with E-state index in [9.17, 15) is 9.59 Å². The van der Waals surface area contributed by atoms with Crippen LogP contribution in [0.3, 0.4) is 0 Å². The van der Waals surface area contributed by atoms with Gasteiger partial charge in [-0.3, -0.25) is 4.79 Å². The van der Waals surface area contributed by atoms with Crippen molar-refractivity contribution in [2.75, 3.05) is 7.11 Å². The van der Waals surface area contributed by atoms with E-state index < -0.39 is 11.8 Å². The molecule has 5 heteroatoms. The molecule has 124 valence electrons. The highest BCUT2D eigenvalue weighted by atomic mass is 16.5. The number of rotatable bonds is 5. The zero-order valence-electron chi connectivity index (χ0n) is 13.7. The molecule has 0 saturated heterocycles. The van der Waals surface area contributed by atoms with Gasteiger partial charge in [-0.1, -0.05) is 30.3 Å². The number of aromatic amines is 1.